The molecule has 1 aromatic rings. The molecule has 1 unspecified atom stereocenters. The lowest BCUT2D eigenvalue weighted by molar-refractivity contribution is -0.142. The minimum atomic E-state index is -1.37. The Bertz CT molecular complexity index is 559. The van der Waals surface area contributed by atoms with Gasteiger partial charge in [0.1, 0.15) is 5.75 Å². The van der Waals surface area contributed by atoms with Crippen LogP contribution in [0.4, 0.5) is 0 Å². The smallest absolute Gasteiger partial charge is 0.303 e. The molecule has 5 nitrogen and oxygen atoms in total. The molecule has 0 radical (unpaired) electrons. The summed E-state index contributed by atoms with van der Waals surface area (Å²) in [5, 5.41) is 0. The van der Waals surface area contributed by atoms with Gasteiger partial charge in [-0.05, 0) is 19.9 Å². The van der Waals surface area contributed by atoms with Crippen molar-refractivity contribution < 1.29 is 23.9 Å². The predicted octanol–water partition coefficient (Wildman–Crippen LogP) is 1.78. The SMILES string of the molecule is CC(=O)OC1C(=O)c2cccc(OC(C)C)c2C1=O. The summed E-state index contributed by atoms with van der Waals surface area (Å²) >= 11 is 0. The van der Waals surface area contributed by atoms with E-state index >= 15 is 0 Å². The van der Waals surface area contributed by atoms with E-state index < -0.39 is 23.6 Å². The number of benzene rings is 1. The number of esters is 1. The van der Waals surface area contributed by atoms with E-state index in [0.29, 0.717) is 5.75 Å². The van der Waals surface area contributed by atoms with Gasteiger partial charge in [0.2, 0.25) is 17.7 Å². The van der Waals surface area contributed by atoms with E-state index in [2.05, 4.69) is 0 Å². The van der Waals surface area contributed by atoms with Gasteiger partial charge in [-0.15, -0.1) is 0 Å². The molecule has 1 aliphatic carbocycles. The molecule has 0 amide bonds. The molecule has 0 fully saturated rings. The van der Waals surface area contributed by atoms with E-state index in [1.807, 2.05) is 13.8 Å². The maximum Gasteiger partial charge on any atom is 0.303 e. The molecule has 0 heterocycles. The van der Waals surface area contributed by atoms with Gasteiger partial charge in [0.05, 0.1) is 11.7 Å². The molecule has 5 heteroatoms. The van der Waals surface area contributed by atoms with Crippen LogP contribution in [0, 0.1) is 0 Å². The lowest BCUT2D eigenvalue weighted by Gasteiger charge is -2.12. The lowest BCUT2D eigenvalue weighted by atomic mass is 10.1. The molecule has 0 aliphatic heterocycles. The van der Waals surface area contributed by atoms with Gasteiger partial charge < -0.3 is 9.47 Å². The van der Waals surface area contributed by atoms with Crippen molar-refractivity contribution >= 4 is 17.5 Å². The van der Waals surface area contributed by atoms with Gasteiger partial charge in [-0.1, -0.05) is 12.1 Å². The van der Waals surface area contributed by atoms with Gasteiger partial charge in [0.15, 0.2) is 0 Å². The van der Waals surface area contributed by atoms with Crippen LogP contribution in [0.2, 0.25) is 0 Å². The summed E-state index contributed by atoms with van der Waals surface area (Å²) in [6.07, 6.45) is -1.49. The van der Waals surface area contributed by atoms with Crippen LogP contribution in [0.25, 0.3) is 0 Å². The normalized spacial score (nSPS) is 17.6. The maximum absolute atomic E-state index is 12.2. The van der Waals surface area contributed by atoms with Gasteiger partial charge in [-0.3, -0.25) is 14.4 Å². The van der Waals surface area contributed by atoms with E-state index in [9.17, 15) is 14.4 Å². The van der Waals surface area contributed by atoms with E-state index in [1.54, 1.807) is 12.1 Å². The number of rotatable bonds is 3. The van der Waals surface area contributed by atoms with Crippen molar-refractivity contribution in [3.8, 4) is 5.75 Å². The van der Waals surface area contributed by atoms with E-state index in [0.717, 1.165) is 6.92 Å². The zero-order chi connectivity index (χ0) is 14.2. The average molecular weight is 262 g/mol. The highest BCUT2D eigenvalue weighted by Gasteiger charge is 2.43. The summed E-state index contributed by atoms with van der Waals surface area (Å²) in [4.78, 5) is 35.1. The first kappa shape index (κ1) is 13.3. The van der Waals surface area contributed by atoms with Crippen LogP contribution in [0.5, 0.6) is 5.75 Å². The van der Waals surface area contributed by atoms with Crippen molar-refractivity contribution in [2.24, 2.45) is 0 Å². The summed E-state index contributed by atoms with van der Waals surface area (Å²) in [7, 11) is 0. The molecule has 0 saturated carbocycles. The second-order valence-corrected chi connectivity index (χ2v) is 4.56. The number of fused-ring (bicyclic) bond motifs is 1. The minimum Gasteiger partial charge on any atom is -0.490 e. The Morgan fingerprint density at radius 2 is 1.89 bits per heavy atom. The largest absolute Gasteiger partial charge is 0.490 e. The second kappa shape index (κ2) is 4.84. The zero-order valence-electron chi connectivity index (χ0n) is 10.9. The maximum atomic E-state index is 12.2. The van der Waals surface area contributed by atoms with Gasteiger partial charge in [0.25, 0.3) is 0 Å². The topological polar surface area (TPSA) is 69.7 Å². The molecule has 0 spiro atoms. The highest BCUT2D eigenvalue weighted by atomic mass is 16.5. The Kier molecular flexibility index (Phi) is 3.38. The van der Waals surface area contributed by atoms with Gasteiger partial charge in [-0.2, -0.15) is 0 Å². The number of ether oxygens (including phenoxy) is 2. The molecule has 1 aliphatic rings. The van der Waals surface area contributed by atoms with Crippen molar-refractivity contribution in [1.29, 1.82) is 0 Å². The Hall–Kier alpha value is -2.17. The number of ketones is 2. The first-order chi connectivity index (χ1) is 8.91. The van der Waals surface area contributed by atoms with Crippen molar-refractivity contribution in [2.75, 3.05) is 0 Å². The summed E-state index contributed by atoms with van der Waals surface area (Å²) < 4.78 is 10.3. The number of hydrogen-bond acceptors (Lipinski definition) is 5. The first-order valence-corrected chi connectivity index (χ1v) is 5.97. The monoisotopic (exact) mass is 262 g/mol. The molecule has 0 saturated heterocycles. The molecule has 1 atom stereocenters. The fourth-order valence-electron chi connectivity index (χ4n) is 2.01. The molecular formula is C14H14O5. The quantitative estimate of drug-likeness (QED) is 0.613. The first-order valence-electron chi connectivity index (χ1n) is 5.97. The second-order valence-electron chi connectivity index (χ2n) is 4.56. The minimum absolute atomic E-state index is 0.123. The number of hydrogen-bond donors (Lipinski definition) is 0. The summed E-state index contributed by atoms with van der Waals surface area (Å²) in [6.45, 7) is 4.81. The van der Waals surface area contributed by atoms with Gasteiger partial charge in [-0.25, -0.2) is 0 Å². The lowest BCUT2D eigenvalue weighted by Crippen LogP contribution is -2.27. The third-order valence-electron chi connectivity index (χ3n) is 2.66. The van der Waals surface area contributed by atoms with Crippen LogP contribution in [0.15, 0.2) is 18.2 Å². The highest BCUT2D eigenvalue weighted by molar-refractivity contribution is 6.30. The van der Waals surface area contributed by atoms with Crippen molar-refractivity contribution in [2.45, 2.75) is 33.0 Å². The third kappa shape index (κ3) is 2.36. The molecule has 0 N–H and O–H groups in total. The predicted molar refractivity (Wildman–Crippen MR) is 66.4 cm³/mol. The van der Waals surface area contributed by atoms with Crippen molar-refractivity contribution in [1.82, 2.24) is 0 Å². The average Bonchev–Trinajstić information content (AvgIpc) is 2.54. The Labute approximate surface area is 110 Å². The Morgan fingerprint density at radius 3 is 2.47 bits per heavy atom. The van der Waals surface area contributed by atoms with E-state index in [1.165, 1.54) is 6.07 Å². The molecule has 0 bridgehead atoms. The Morgan fingerprint density at radius 1 is 1.21 bits per heavy atom. The van der Waals surface area contributed by atoms with Crippen LogP contribution < -0.4 is 4.74 Å². The van der Waals surface area contributed by atoms with Crippen molar-refractivity contribution in [3.63, 3.8) is 0 Å². The Balaban J connectivity index is 2.44. The van der Waals surface area contributed by atoms with Crippen LogP contribution >= 0.6 is 0 Å². The van der Waals surface area contributed by atoms with E-state index in [-0.39, 0.29) is 17.2 Å². The third-order valence-corrected chi connectivity index (χ3v) is 2.66. The van der Waals surface area contributed by atoms with Crippen LogP contribution in [0.3, 0.4) is 0 Å². The van der Waals surface area contributed by atoms with Crippen molar-refractivity contribution in [3.05, 3.63) is 29.3 Å². The van der Waals surface area contributed by atoms with Crippen LogP contribution in [-0.4, -0.2) is 29.7 Å². The standard InChI is InChI=1S/C14H14O5/c1-7(2)18-10-6-4-5-9-11(10)13(17)14(12(9)16)19-8(3)15/h4-7,14H,1-3H3. The summed E-state index contributed by atoms with van der Waals surface area (Å²) in [6, 6.07) is 4.80. The summed E-state index contributed by atoms with van der Waals surface area (Å²) in [5.41, 5.74) is 0.446. The van der Waals surface area contributed by atoms with Gasteiger partial charge in [0, 0.05) is 12.5 Å². The molecule has 100 valence electrons. The number of carbonyl (C=O) groups excluding carboxylic acids is 3. The zero-order valence-corrected chi connectivity index (χ0v) is 10.9. The van der Waals surface area contributed by atoms with Crippen LogP contribution in [-0.2, 0) is 9.53 Å². The van der Waals surface area contributed by atoms with E-state index in [4.69, 9.17) is 9.47 Å². The number of carbonyl (C=O) groups is 3. The fraction of sp³-hybridized carbons (Fsp3) is 0.357. The molecule has 2 rings (SSSR count). The highest BCUT2D eigenvalue weighted by Crippen LogP contribution is 2.32. The van der Waals surface area contributed by atoms with Crippen LogP contribution in [0.1, 0.15) is 41.5 Å². The fourth-order valence-corrected chi connectivity index (χ4v) is 2.01. The summed E-state index contributed by atoms with van der Waals surface area (Å²) in [5.74, 6) is -1.33. The van der Waals surface area contributed by atoms with Gasteiger partial charge >= 0.3 is 5.97 Å². The molecule has 1 aromatic carbocycles. The number of Topliss-reactive ketones (excluding diaryl/α,β-unsaturated/α-hetero) is 2. The molecular weight excluding hydrogens is 248 g/mol. The molecule has 19 heavy (non-hydrogen) atoms. The molecule has 0 aromatic heterocycles.